The molecule has 0 aromatic carbocycles. The van der Waals surface area contributed by atoms with Gasteiger partial charge in [0.15, 0.2) is 0 Å². The van der Waals surface area contributed by atoms with Crippen LogP contribution in [0.15, 0.2) is 18.3 Å². The van der Waals surface area contributed by atoms with Crippen LogP contribution < -0.4 is 16.0 Å². The Labute approximate surface area is 132 Å². The predicted molar refractivity (Wildman–Crippen MR) is 88.0 cm³/mol. The molecule has 0 aliphatic carbocycles. The summed E-state index contributed by atoms with van der Waals surface area (Å²) in [5.41, 5.74) is 6.51. The Hall–Kier alpha value is -1.66. The van der Waals surface area contributed by atoms with Crippen molar-refractivity contribution < 1.29 is 9.53 Å². The van der Waals surface area contributed by atoms with E-state index in [4.69, 9.17) is 10.5 Å². The lowest BCUT2D eigenvalue weighted by Gasteiger charge is -2.28. The van der Waals surface area contributed by atoms with Crippen LogP contribution in [-0.4, -0.2) is 43.7 Å². The minimum atomic E-state index is 0.0272. The first kappa shape index (κ1) is 16.7. The Morgan fingerprint density at radius 3 is 2.68 bits per heavy atom. The molecule has 1 fully saturated rings. The van der Waals surface area contributed by atoms with Crippen LogP contribution in [0.1, 0.15) is 32.1 Å². The van der Waals surface area contributed by atoms with E-state index >= 15 is 0 Å². The van der Waals surface area contributed by atoms with E-state index in [0.717, 1.165) is 64.2 Å². The van der Waals surface area contributed by atoms with Crippen LogP contribution in [0.4, 0.5) is 11.5 Å². The number of aromatic nitrogens is 1. The Bertz CT molecular complexity index is 444. The fourth-order valence-corrected chi connectivity index (χ4v) is 2.46. The van der Waals surface area contributed by atoms with Crippen molar-refractivity contribution in [3.63, 3.8) is 0 Å². The molecular weight excluding hydrogens is 280 g/mol. The maximum Gasteiger partial charge on any atom is 0.225 e. The molecule has 22 heavy (non-hydrogen) atoms. The number of morpholine rings is 1. The van der Waals surface area contributed by atoms with Crippen LogP contribution >= 0.6 is 0 Å². The topological polar surface area (TPSA) is 80.5 Å². The summed E-state index contributed by atoms with van der Waals surface area (Å²) in [6, 6.07) is 3.85. The van der Waals surface area contributed by atoms with E-state index in [2.05, 4.69) is 15.2 Å². The molecule has 1 aromatic heterocycles. The average molecular weight is 306 g/mol. The summed E-state index contributed by atoms with van der Waals surface area (Å²) in [6.07, 6.45) is 6.42. The van der Waals surface area contributed by atoms with Gasteiger partial charge >= 0.3 is 0 Å². The van der Waals surface area contributed by atoms with Crippen molar-refractivity contribution in [1.82, 2.24) is 4.98 Å². The van der Waals surface area contributed by atoms with Crippen LogP contribution in [0.2, 0.25) is 0 Å². The number of amides is 1. The highest BCUT2D eigenvalue weighted by Gasteiger charge is 2.11. The molecule has 122 valence electrons. The van der Waals surface area contributed by atoms with Gasteiger partial charge in [-0.25, -0.2) is 4.98 Å². The first-order valence-electron chi connectivity index (χ1n) is 8.08. The highest BCUT2D eigenvalue weighted by molar-refractivity contribution is 5.89. The Morgan fingerprint density at radius 2 is 2.00 bits per heavy atom. The largest absolute Gasteiger partial charge is 0.378 e. The van der Waals surface area contributed by atoms with Gasteiger partial charge < -0.3 is 20.7 Å². The number of ether oxygens (including phenoxy) is 1. The molecule has 0 atom stereocenters. The first-order chi connectivity index (χ1) is 10.8. The molecule has 2 rings (SSSR count). The zero-order chi connectivity index (χ0) is 15.6. The second-order valence-electron chi connectivity index (χ2n) is 5.50. The average Bonchev–Trinajstić information content (AvgIpc) is 2.56. The number of rotatable bonds is 8. The lowest BCUT2D eigenvalue weighted by atomic mass is 10.1. The van der Waals surface area contributed by atoms with E-state index in [9.17, 15) is 4.79 Å². The van der Waals surface area contributed by atoms with Gasteiger partial charge in [-0.1, -0.05) is 12.8 Å². The molecule has 1 saturated heterocycles. The van der Waals surface area contributed by atoms with Crippen molar-refractivity contribution >= 4 is 17.4 Å². The maximum atomic E-state index is 11.8. The van der Waals surface area contributed by atoms with E-state index in [1.54, 1.807) is 0 Å². The van der Waals surface area contributed by atoms with E-state index in [1.165, 1.54) is 0 Å². The number of carbonyl (C=O) groups excluding carboxylic acids is 1. The normalized spacial score (nSPS) is 14.9. The predicted octanol–water partition coefficient (Wildman–Crippen LogP) is 1.77. The lowest BCUT2D eigenvalue weighted by Crippen LogP contribution is -2.36. The molecule has 6 heteroatoms. The molecule has 1 aliphatic heterocycles. The summed E-state index contributed by atoms with van der Waals surface area (Å²) in [5, 5.41) is 2.85. The van der Waals surface area contributed by atoms with Gasteiger partial charge in [0, 0.05) is 19.5 Å². The lowest BCUT2D eigenvalue weighted by molar-refractivity contribution is -0.116. The van der Waals surface area contributed by atoms with Crippen LogP contribution in [-0.2, 0) is 9.53 Å². The smallest absolute Gasteiger partial charge is 0.225 e. The van der Waals surface area contributed by atoms with E-state index in [1.807, 2.05) is 18.3 Å². The number of pyridine rings is 1. The number of anilines is 2. The van der Waals surface area contributed by atoms with Crippen molar-refractivity contribution in [2.45, 2.75) is 32.1 Å². The summed E-state index contributed by atoms with van der Waals surface area (Å²) in [4.78, 5) is 18.4. The zero-order valence-electron chi connectivity index (χ0n) is 13.1. The van der Waals surface area contributed by atoms with Crippen LogP contribution in [0.25, 0.3) is 0 Å². The summed E-state index contributed by atoms with van der Waals surface area (Å²) in [6.45, 7) is 4.00. The fourth-order valence-electron chi connectivity index (χ4n) is 2.46. The van der Waals surface area contributed by atoms with Gasteiger partial charge in [-0.2, -0.15) is 0 Å². The van der Waals surface area contributed by atoms with Crippen molar-refractivity contribution in [3.05, 3.63) is 18.3 Å². The number of nitrogens with two attached hydrogens (primary N) is 1. The van der Waals surface area contributed by atoms with Crippen molar-refractivity contribution in [3.8, 4) is 0 Å². The molecule has 2 heterocycles. The van der Waals surface area contributed by atoms with Gasteiger partial charge in [-0.3, -0.25) is 4.79 Å². The standard InChI is InChI=1S/C16H26N4O2/c17-8-4-2-1-3-5-16(21)19-15-7-6-14(13-18-15)20-9-11-22-12-10-20/h6-7,13H,1-5,8-12,17H2,(H,18,19,21). The minimum Gasteiger partial charge on any atom is -0.378 e. The SMILES string of the molecule is NCCCCCCC(=O)Nc1ccc(N2CCOCC2)cn1. The van der Waals surface area contributed by atoms with Gasteiger partial charge in [0.25, 0.3) is 0 Å². The molecule has 3 N–H and O–H groups in total. The maximum absolute atomic E-state index is 11.8. The first-order valence-corrected chi connectivity index (χ1v) is 8.08. The molecule has 0 bridgehead atoms. The third-order valence-electron chi connectivity index (χ3n) is 3.75. The quantitative estimate of drug-likeness (QED) is 0.715. The number of hydrogen-bond acceptors (Lipinski definition) is 5. The number of nitrogens with zero attached hydrogens (tertiary/aromatic N) is 2. The van der Waals surface area contributed by atoms with Crippen molar-refractivity contribution in [2.75, 3.05) is 43.1 Å². The number of carbonyl (C=O) groups is 1. The number of hydrogen-bond donors (Lipinski definition) is 2. The third kappa shape index (κ3) is 5.61. The van der Waals surface area contributed by atoms with Crippen LogP contribution in [0.5, 0.6) is 0 Å². The minimum absolute atomic E-state index is 0.0272. The Morgan fingerprint density at radius 1 is 1.23 bits per heavy atom. The van der Waals surface area contributed by atoms with Gasteiger partial charge in [-0.15, -0.1) is 0 Å². The highest BCUT2D eigenvalue weighted by atomic mass is 16.5. The molecular formula is C16H26N4O2. The van der Waals surface area contributed by atoms with Gasteiger partial charge in [0.1, 0.15) is 5.82 Å². The van der Waals surface area contributed by atoms with Crippen LogP contribution in [0.3, 0.4) is 0 Å². The zero-order valence-corrected chi connectivity index (χ0v) is 13.1. The number of nitrogens with one attached hydrogen (secondary N) is 1. The molecule has 0 spiro atoms. The monoisotopic (exact) mass is 306 g/mol. The second-order valence-corrected chi connectivity index (χ2v) is 5.50. The Balaban J connectivity index is 1.72. The van der Waals surface area contributed by atoms with Crippen molar-refractivity contribution in [2.24, 2.45) is 5.73 Å². The molecule has 6 nitrogen and oxygen atoms in total. The summed E-state index contributed by atoms with van der Waals surface area (Å²) < 4.78 is 5.33. The number of unbranched alkanes of at least 4 members (excludes halogenated alkanes) is 3. The molecule has 0 radical (unpaired) electrons. The third-order valence-corrected chi connectivity index (χ3v) is 3.75. The van der Waals surface area contributed by atoms with E-state index in [-0.39, 0.29) is 5.91 Å². The van der Waals surface area contributed by atoms with Gasteiger partial charge in [-0.05, 0) is 31.5 Å². The summed E-state index contributed by atoms with van der Waals surface area (Å²) >= 11 is 0. The van der Waals surface area contributed by atoms with E-state index < -0.39 is 0 Å². The molecule has 0 unspecified atom stereocenters. The summed E-state index contributed by atoms with van der Waals surface area (Å²) in [5.74, 6) is 0.642. The fraction of sp³-hybridized carbons (Fsp3) is 0.625. The Kier molecular flexibility index (Phi) is 7.12. The second kappa shape index (κ2) is 9.38. The van der Waals surface area contributed by atoms with Gasteiger partial charge in [0.2, 0.25) is 5.91 Å². The van der Waals surface area contributed by atoms with E-state index in [0.29, 0.717) is 12.2 Å². The summed E-state index contributed by atoms with van der Waals surface area (Å²) in [7, 11) is 0. The molecule has 1 aliphatic rings. The molecule has 0 saturated carbocycles. The molecule has 1 aromatic rings. The van der Waals surface area contributed by atoms with Crippen LogP contribution in [0, 0.1) is 0 Å². The van der Waals surface area contributed by atoms with Crippen molar-refractivity contribution in [1.29, 1.82) is 0 Å². The van der Waals surface area contributed by atoms with Gasteiger partial charge in [0.05, 0.1) is 25.1 Å². The highest BCUT2D eigenvalue weighted by Crippen LogP contribution is 2.16. The molecule has 1 amide bonds.